The summed E-state index contributed by atoms with van der Waals surface area (Å²) in [4.78, 5) is 13.0. The summed E-state index contributed by atoms with van der Waals surface area (Å²) < 4.78 is 6.76. The van der Waals surface area contributed by atoms with Gasteiger partial charge in [-0.25, -0.2) is 0 Å². The summed E-state index contributed by atoms with van der Waals surface area (Å²) in [5.41, 5.74) is 0.329. The van der Waals surface area contributed by atoms with Crippen molar-refractivity contribution in [1.82, 2.24) is 0 Å². The summed E-state index contributed by atoms with van der Waals surface area (Å²) in [5, 5.41) is 9.18. The molecule has 0 bridgehead atoms. The Morgan fingerprint density at radius 2 is 2.00 bits per heavy atom. The molecule has 2 heterocycles. The Morgan fingerprint density at radius 3 is 2.55 bits per heavy atom. The molecule has 0 spiro atoms. The SMILES string of the molecule is CC1(C)CC(/C=C/c2cc[c]([Ge]([CH3])([CH3])[CH3])s2)=C(C#N)C(=O)O1. The first kappa shape index (κ1) is 17.0. The van der Waals surface area contributed by atoms with Crippen LogP contribution in [0, 0.1) is 11.3 Å². The first-order chi connectivity index (χ1) is 10.1. The summed E-state index contributed by atoms with van der Waals surface area (Å²) in [6, 6.07) is 6.30. The molecule has 1 aliphatic rings. The number of hydrogen-bond donors (Lipinski definition) is 0. The molecule has 0 N–H and O–H groups in total. The van der Waals surface area contributed by atoms with E-state index in [1.165, 1.54) is 3.71 Å². The van der Waals surface area contributed by atoms with E-state index < -0.39 is 24.8 Å². The van der Waals surface area contributed by atoms with Crippen LogP contribution in [0.4, 0.5) is 0 Å². The van der Waals surface area contributed by atoms with Crippen LogP contribution < -0.4 is 3.71 Å². The second-order valence-corrected chi connectivity index (χ2v) is 19.6. The molecular formula is C17H21GeNO2S. The Labute approximate surface area is 138 Å². The van der Waals surface area contributed by atoms with E-state index in [2.05, 4.69) is 29.4 Å². The van der Waals surface area contributed by atoms with Gasteiger partial charge in [-0.3, -0.25) is 0 Å². The predicted octanol–water partition coefficient (Wildman–Crippen LogP) is 3.85. The molecule has 0 aromatic carbocycles. The third-order valence-electron chi connectivity index (χ3n) is 3.44. The zero-order chi connectivity index (χ0) is 16.5. The van der Waals surface area contributed by atoms with Crippen molar-refractivity contribution >= 4 is 40.4 Å². The second kappa shape index (κ2) is 6.06. The molecule has 116 valence electrons. The zero-order valence-corrected chi connectivity index (χ0v) is 16.6. The quantitative estimate of drug-likeness (QED) is 0.595. The van der Waals surface area contributed by atoms with Crippen LogP contribution in [0.5, 0.6) is 0 Å². The molecule has 2 rings (SSSR count). The van der Waals surface area contributed by atoms with E-state index in [0.717, 1.165) is 10.5 Å². The van der Waals surface area contributed by atoms with E-state index in [1.54, 1.807) is 0 Å². The monoisotopic (exact) mass is 377 g/mol. The Hall–Kier alpha value is -1.32. The van der Waals surface area contributed by atoms with Gasteiger partial charge in [0.2, 0.25) is 0 Å². The van der Waals surface area contributed by atoms with Crippen molar-refractivity contribution in [3.05, 3.63) is 34.2 Å². The van der Waals surface area contributed by atoms with Crippen LogP contribution in [0.2, 0.25) is 17.3 Å². The van der Waals surface area contributed by atoms with Crippen LogP contribution >= 0.6 is 11.3 Å². The number of nitriles is 1. The predicted molar refractivity (Wildman–Crippen MR) is 93.8 cm³/mol. The number of nitrogens with zero attached hydrogens (tertiary/aromatic N) is 1. The molecule has 0 fully saturated rings. The Morgan fingerprint density at radius 1 is 1.32 bits per heavy atom. The van der Waals surface area contributed by atoms with Crippen LogP contribution in [0.3, 0.4) is 0 Å². The van der Waals surface area contributed by atoms with Crippen molar-refractivity contribution in [3.8, 4) is 6.07 Å². The average molecular weight is 376 g/mol. The molecule has 0 amide bonds. The van der Waals surface area contributed by atoms with Crippen LogP contribution in [0.1, 0.15) is 25.1 Å². The van der Waals surface area contributed by atoms with Gasteiger partial charge < -0.3 is 0 Å². The van der Waals surface area contributed by atoms with Gasteiger partial charge in [0.05, 0.1) is 0 Å². The number of ether oxygens (including phenoxy) is 1. The van der Waals surface area contributed by atoms with E-state index in [9.17, 15) is 10.1 Å². The summed E-state index contributed by atoms with van der Waals surface area (Å²) in [7, 11) is 0. The van der Waals surface area contributed by atoms with Gasteiger partial charge in [0, 0.05) is 0 Å². The van der Waals surface area contributed by atoms with Crippen molar-refractivity contribution in [1.29, 1.82) is 5.26 Å². The van der Waals surface area contributed by atoms with E-state index in [1.807, 2.05) is 43.4 Å². The van der Waals surface area contributed by atoms with Crippen molar-refractivity contribution < 1.29 is 9.53 Å². The van der Waals surface area contributed by atoms with Gasteiger partial charge in [0.1, 0.15) is 0 Å². The van der Waals surface area contributed by atoms with E-state index in [-0.39, 0.29) is 5.57 Å². The van der Waals surface area contributed by atoms with Gasteiger partial charge in [-0.05, 0) is 0 Å². The van der Waals surface area contributed by atoms with E-state index in [0.29, 0.717) is 6.42 Å². The minimum absolute atomic E-state index is 0.126. The second-order valence-electron chi connectivity index (χ2n) is 7.12. The van der Waals surface area contributed by atoms with Crippen LogP contribution in [-0.4, -0.2) is 24.8 Å². The fourth-order valence-electron chi connectivity index (χ4n) is 2.30. The molecule has 1 aromatic heterocycles. The molecule has 5 heteroatoms. The van der Waals surface area contributed by atoms with Gasteiger partial charge >= 0.3 is 139 Å². The van der Waals surface area contributed by atoms with Gasteiger partial charge in [-0.15, -0.1) is 0 Å². The van der Waals surface area contributed by atoms with E-state index >= 15 is 0 Å². The summed E-state index contributed by atoms with van der Waals surface area (Å²) in [6.45, 7) is 3.73. The van der Waals surface area contributed by atoms with Gasteiger partial charge in [0.15, 0.2) is 0 Å². The zero-order valence-electron chi connectivity index (χ0n) is 13.7. The molecule has 0 aliphatic carbocycles. The number of rotatable bonds is 3. The molecule has 0 atom stereocenters. The molecule has 1 aromatic rings. The number of carbonyl (C=O) groups excluding carboxylic acids is 1. The fraction of sp³-hybridized carbons (Fsp3) is 0.412. The number of carbonyl (C=O) groups is 1. The molecule has 0 radical (unpaired) electrons. The Kier molecular flexibility index (Phi) is 4.69. The summed E-state index contributed by atoms with van der Waals surface area (Å²) in [6.07, 6.45) is 4.46. The maximum absolute atomic E-state index is 11.9. The molecule has 22 heavy (non-hydrogen) atoms. The van der Waals surface area contributed by atoms with Crippen molar-refractivity contribution in [2.24, 2.45) is 0 Å². The Balaban J connectivity index is 2.30. The first-order valence-corrected chi connectivity index (χ1v) is 15.4. The van der Waals surface area contributed by atoms with Crippen molar-refractivity contribution in [3.63, 3.8) is 0 Å². The van der Waals surface area contributed by atoms with Crippen molar-refractivity contribution in [2.45, 2.75) is 43.1 Å². The Bertz CT molecular complexity index is 699. The molecule has 0 saturated carbocycles. The van der Waals surface area contributed by atoms with Gasteiger partial charge in [-0.1, -0.05) is 0 Å². The van der Waals surface area contributed by atoms with E-state index in [4.69, 9.17) is 4.74 Å². The molecule has 3 nitrogen and oxygen atoms in total. The third kappa shape index (κ3) is 3.90. The third-order valence-corrected chi connectivity index (χ3v) is 11.6. The van der Waals surface area contributed by atoms with Gasteiger partial charge in [-0.2, -0.15) is 0 Å². The maximum atomic E-state index is 11.9. The number of esters is 1. The standard InChI is InChI=1S/C17H21GeNO2S/c1-17(2)10-12(14(11-19)16(20)21-17)6-7-13-8-9-15(22-13)18(3,4)5/h6-9H,10H2,1-5H3/b7-6+. The summed E-state index contributed by atoms with van der Waals surface area (Å²) >= 11 is 0.0269. The number of allylic oxidation sites excluding steroid dienone is 1. The number of hydrogen-bond acceptors (Lipinski definition) is 4. The number of cyclic esters (lactones) is 1. The molecule has 1 aliphatic heterocycles. The average Bonchev–Trinajstić information content (AvgIpc) is 2.83. The molecule has 0 unspecified atom stereocenters. The van der Waals surface area contributed by atoms with Crippen molar-refractivity contribution in [2.75, 3.05) is 0 Å². The van der Waals surface area contributed by atoms with Gasteiger partial charge in [0.25, 0.3) is 0 Å². The minimum atomic E-state index is -1.79. The molecule has 0 saturated heterocycles. The first-order valence-electron chi connectivity index (χ1n) is 7.27. The number of thiophene rings is 1. The van der Waals surface area contributed by atoms with Crippen LogP contribution in [-0.2, 0) is 9.53 Å². The van der Waals surface area contributed by atoms with Crippen LogP contribution in [0.15, 0.2) is 29.4 Å². The normalized spacial score (nSPS) is 18.5. The summed E-state index contributed by atoms with van der Waals surface area (Å²) in [5.74, 6) is 6.59. The molecular weight excluding hydrogens is 355 g/mol. The van der Waals surface area contributed by atoms with Crippen LogP contribution in [0.25, 0.3) is 6.08 Å². The topological polar surface area (TPSA) is 50.1 Å². The fourth-order valence-corrected chi connectivity index (χ4v) is 7.17.